The normalized spacial score (nSPS) is 11.0. The molecule has 4 rings (SSSR count). The van der Waals surface area contributed by atoms with Crippen molar-refractivity contribution in [1.82, 2.24) is 19.4 Å². The molecule has 0 bridgehead atoms. The summed E-state index contributed by atoms with van der Waals surface area (Å²) in [5.74, 6) is 1.10. The number of ether oxygens (including phenoxy) is 1. The lowest BCUT2D eigenvalue weighted by molar-refractivity contribution is 0.413. The van der Waals surface area contributed by atoms with Gasteiger partial charge < -0.3 is 30.2 Å². The van der Waals surface area contributed by atoms with Crippen LogP contribution >= 0.6 is 11.3 Å². The minimum absolute atomic E-state index is 0.439. The quantitative estimate of drug-likeness (QED) is 0.300. The molecular formula is C28H35N7OS. The number of methoxy groups -OCH3 is 1. The Morgan fingerprint density at radius 2 is 1.95 bits per heavy atom. The molecule has 0 spiro atoms. The van der Waals surface area contributed by atoms with Crippen molar-refractivity contribution >= 4 is 45.3 Å². The van der Waals surface area contributed by atoms with E-state index in [0.29, 0.717) is 23.1 Å². The summed E-state index contributed by atoms with van der Waals surface area (Å²) in [5, 5.41) is 8.52. The summed E-state index contributed by atoms with van der Waals surface area (Å²) in [6.07, 6.45) is 3.84. The van der Waals surface area contributed by atoms with Gasteiger partial charge in [-0.3, -0.25) is 0 Å². The van der Waals surface area contributed by atoms with E-state index in [2.05, 4.69) is 77.1 Å². The number of hydrogen-bond donors (Lipinski definition) is 2. The average Bonchev–Trinajstić information content (AvgIpc) is 3.23. The second-order valence-corrected chi connectivity index (χ2v) is 10.1. The summed E-state index contributed by atoms with van der Waals surface area (Å²) < 4.78 is 7.85. The van der Waals surface area contributed by atoms with Crippen molar-refractivity contribution in [3.8, 4) is 17.0 Å². The Morgan fingerprint density at radius 1 is 1.14 bits per heavy atom. The molecule has 0 unspecified atom stereocenters. The Bertz CT molecular complexity index is 1440. The number of benzene rings is 2. The van der Waals surface area contributed by atoms with E-state index < -0.39 is 0 Å². The van der Waals surface area contributed by atoms with Gasteiger partial charge in [0.1, 0.15) is 5.75 Å². The van der Waals surface area contributed by atoms with Crippen LogP contribution in [0.15, 0.2) is 59.6 Å². The molecule has 0 fully saturated rings. The van der Waals surface area contributed by atoms with E-state index in [1.54, 1.807) is 24.6 Å². The second kappa shape index (κ2) is 11.5. The van der Waals surface area contributed by atoms with Crippen molar-refractivity contribution in [3.05, 3.63) is 65.1 Å². The van der Waals surface area contributed by atoms with Gasteiger partial charge in [-0.1, -0.05) is 11.6 Å². The molecule has 194 valence electrons. The van der Waals surface area contributed by atoms with Crippen molar-refractivity contribution in [3.63, 3.8) is 0 Å². The van der Waals surface area contributed by atoms with Crippen LogP contribution in [0, 0.1) is 6.92 Å². The summed E-state index contributed by atoms with van der Waals surface area (Å²) in [6, 6.07) is 12.2. The molecule has 2 aromatic carbocycles. The number of anilines is 4. The number of likely N-dealkylation sites (N-methyl/N-ethyl adjacent to an activating group) is 2. The van der Waals surface area contributed by atoms with Gasteiger partial charge in [0.2, 0.25) is 5.95 Å². The number of nitrogens with one attached hydrogen (secondary N) is 1. The molecule has 0 aliphatic carbocycles. The maximum Gasteiger partial charge on any atom is 0.227 e. The molecule has 0 radical (unpaired) electrons. The maximum atomic E-state index is 6.48. The fourth-order valence-corrected chi connectivity index (χ4v) is 4.68. The third-order valence-electron chi connectivity index (χ3n) is 6.16. The van der Waals surface area contributed by atoms with Crippen LogP contribution < -0.4 is 20.7 Å². The molecule has 0 saturated heterocycles. The highest BCUT2D eigenvalue weighted by Crippen LogP contribution is 2.36. The summed E-state index contributed by atoms with van der Waals surface area (Å²) in [7, 11) is 9.84. The van der Waals surface area contributed by atoms with E-state index in [9.17, 15) is 0 Å². The lowest BCUT2D eigenvalue weighted by Gasteiger charge is -2.24. The lowest BCUT2D eigenvalue weighted by Crippen LogP contribution is -2.29. The van der Waals surface area contributed by atoms with Gasteiger partial charge in [0.15, 0.2) is 0 Å². The number of aromatic nitrogens is 3. The molecule has 2 heterocycles. The Hall–Kier alpha value is -3.82. The Morgan fingerprint density at radius 3 is 2.70 bits per heavy atom. The van der Waals surface area contributed by atoms with Crippen molar-refractivity contribution in [1.29, 1.82) is 0 Å². The summed E-state index contributed by atoms with van der Waals surface area (Å²) in [6.45, 7) is 3.86. The zero-order chi connectivity index (χ0) is 26.5. The molecule has 8 nitrogen and oxygen atoms in total. The largest absolute Gasteiger partial charge is 0.494 e. The first kappa shape index (κ1) is 26.2. The van der Waals surface area contributed by atoms with Crippen LogP contribution in [0.5, 0.6) is 5.75 Å². The smallest absolute Gasteiger partial charge is 0.227 e. The van der Waals surface area contributed by atoms with Crippen LogP contribution in [0.4, 0.5) is 23.0 Å². The SMILES string of the molecule is COc1cc(N(C)CCN(C)C)c(N)cc1Nc1ncccscc(-c2cn(C)c3ccc(C)cc23)n1. The van der Waals surface area contributed by atoms with E-state index in [-0.39, 0.29) is 0 Å². The molecule has 0 amide bonds. The van der Waals surface area contributed by atoms with Crippen LogP contribution in [0.1, 0.15) is 5.56 Å². The number of fused-ring (bicyclic) bond motifs is 1. The number of nitrogens with zero attached hydrogens (tertiary/aromatic N) is 5. The molecule has 0 aliphatic rings. The van der Waals surface area contributed by atoms with E-state index in [1.807, 2.05) is 36.0 Å². The fourth-order valence-electron chi connectivity index (χ4n) is 4.14. The summed E-state index contributed by atoms with van der Waals surface area (Å²) in [5.41, 5.74) is 13.0. The minimum atomic E-state index is 0.439. The van der Waals surface area contributed by atoms with Gasteiger partial charge in [-0.25, -0.2) is 9.97 Å². The van der Waals surface area contributed by atoms with Gasteiger partial charge in [0, 0.05) is 67.5 Å². The molecule has 3 N–H and O–H groups in total. The number of rotatable bonds is 8. The zero-order valence-corrected chi connectivity index (χ0v) is 23.1. The molecule has 0 saturated carbocycles. The second-order valence-electron chi connectivity index (χ2n) is 9.32. The van der Waals surface area contributed by atoms with Gasteiger partial charge in [-0.2, -0.15) is 11.3 Å². The topological polar surface area (TPSA) is 84.5 Å². The molecule has 9 heteroatoms. The van der Waals surface area contributed by atoms with Crippen molar-refractivity contribution < 1.29 is 4.74 Å². The van der Waals surface area contributed by atoms with Crippen molar-refractivity contribution in [2.45, 2.75) is 6.92 Å². The molecule has 37 heavy (non-hydrogen) atoms. The highest BCUT2D eigenvalue weighted by atomic mass is 32.1. The van der Waals surface area contributed by atoms with E-state index >= 15 is 0 Å². The number of nitrogens with two attached hydrogens (primary N) is 1. The monoisotopic (exact) mass is 517 g/mol. The molecule has 0 aliphatic heterocycles. The van der Waals surface area contributed by atoms with Gasteiger partial charge in [0.05, 0.1) is 29.9 Å². The third-order valence-corrected chi connectivity index (χ3v) is 6.83. The lowest BCUT2D eigenvalue weighted by atomic mass is 10.1. The van der Waals surface area contributed by atoms with E-state index in [1.165, 1.54) is 5.56 Å². The van der Waals surface area contributed by atoms with Gasteiger partial charge in [0.25, 0.3) is 0 Å². The Labute approximate surface area is 222 Å². The van der Waals surface area contributed by atoms with Gasteiger partial charge in [-0.05, 0) is 50.7 Å². The fraction of sp³-hybridized carbons (Fsp3) is 0.286. The first-order chi connectivity index (χ1) is 17.8. The Balaban J connectivity index is 1.76. The molecule has 4 aromatic rings. The molecule has 2 aromatic heterocycles. The summed E-state index contributed by atoms with van der Waals surface area (Å²) >= 11 is 1.57. The standard InChI is InChI=1S/C28H35N7OS/c1-19-8-9-25-20(14-19)21(17-35(25)5)24-18-37-13-7-10-30-28(32-24)31-23-15-22(29)26(16-27(23)36-6)34(4)12-11-33(2)3/h7-10,13-18H,11-12,29H2,1-6H3,(H,31,32). The van der Waals surface area contributed by atoms with Crippen LogP contribution in [-0.4, -0.2) is 60.8 Å². The molecule has 0 atom stereocenters. The number of nitrogen functional groups attached to an aromatic ring is 1. The first-order valence-corrected chi connectivity index (χ1v) is 13.0. The average molecular weight is 518 g/mol. The van der Waals surface area contributed by atoms with Crippen LogP contribution in [0.3, 0.4) is 0 Å². The third kappa shape index (κ3) is 6.12. The molecular weight excluding hydrogens is 482 g/mol. The van der Waals surface area contributed by atoms with Crippen LogP contribution in [-0.2, 0) is 7.05 Å². The van der Waals surface area contributed by atoms with Gasteiger partial charge >= 0.3 is 0 Å². The predicted octanol–water partition coefficient (Wildman–Crippen LogP) is 5.46. The maximum absolute atomic E-state index is 6.48. The van der Waals surface area contributed by atoms with Crippen LogP contribution in [0.2, 0.25) is 0 Å². The first-order valence-electron chi connectivity index (χ1n) is 12.1. The zero-order valence-electron chi connectivity index (χ0n) is 22.3. The van der Waals surface area contributed by atoms with Crippen molar-refractivity contribution in [2.75, 3.05) is 57.3 Å². The number of aryl methyl sites for hydroxylation is 2. The summed E-state index contributed by atoms with van der Waals surface area (Å²) in [4.78, 5) is 13.8. The minimum Gasteiger partial charge on any atom is -0.494 e. The van der Waals surface area contributed by atoms with Crippen LogP contribution in [0.25, 0.3) is 22.2 Å². The highest BCUT2D eigenvalue weighted by Gasteiger charge is 2.15. The van der Waals surface area contributed by atoms with Crippen molar-refractivity contribution in [2.24, 2.45) is 7.05 Å². The Kier molecular flexibility index (Phi) is 8.15. The number of hydrogen-bond acceptors (Lipinski definition) is 8. The van der Waals surface area contributed by atoms with Gasteiger partial charge in [-0.15, -0.1) is 0 Å². The van der Waals surface area contributed by atoms with E-state index in [0.717, 1.165) is 40.9 Å². The highest BCUT2D eigenvalue weighted by molar-refractivity contribution is 7.07. The predicted molar refractivity (Wildman–Crippen MR) is 157 cm³/mol. The van der Waals surface area contributed by atoms with E-state index in [4.69, 9.17) is 15.5 Å².